The highest BCUT2D eigenvalue weighted by Crippen LogP contribution is 2.29. The van der Waals surface area contributed by atoms with Gasteiger partial charge in [0, 0.05) is 5.56 Å². The highest BCUT2D eigenvalue weighted by atomic mass is 16.5. The minimum atomic E-state index is 0.375. The number of hydrogen-bond acceptors (Lipinski definition) is 2. The third kappa shape index (κ3) is 4.29. The summed E-state index contributed by atoms with van der Waals surface area (Å²) in [5.41, 5.74) is 6.36. The highest BCUT2D eigenvalue weighted by Gasteiger charge is 2.21. The van der Waals surface area contributed by atoms with Gasteiger partial charge in [-0.2, -0.15) is 0 Å². The second kappa shape index (κ2) is 7.21. The number of ether oxygens (including phenoxy) is 1. The summed E-state index contributed by atoms with van der Waals surface area (Å²) < 4.78 is 6.07. The van der Waals surface area contributed by atoms with Crippen LogP contribution in [0, 0.1) is 17.8 Å². The van der Waals surface area contributed by atoms with Crippen LogP contribution in [0.3, 0.4) is 0 Å². The van der Waals surface area contributed by atoms with Crippen LogP contribution >= 0.6 is 0 Å². The van der Waals surface area contributed by atoms with E-state index < -0.39 is 0 Å². The SMILES string of the molecule is CCC1CCC(Oc2cccc(C#CCN)c2)CC1. The van der Waals surface area contributed by atoms with Gasteiger partial charge in [0.05, 0.1) is 12.6 Å². The predicted molar refractivity (Wildman–Crippen MR) is 79.0 cm³/mol. The molecule has 0 unspecified atom stereocenters. The zero-order valence-corrected chi connectivity index (χ0v) is 11.7. The van der Waals surface area contributed by atoms with Crippen molar-refractivity contribution in [2.24, 2.45) is 11.7 Å². The van der Waals surface area contributed by atoms with Crippen molar-refractivity contribution in [1.29, 1.82) is 0 Å². The molecule has 2 rings (SSSR count). The third-order valence-corrected chi connectivity index (χ3v) is 3.84. The average Bonchev–Trinajstić information content (AvgIpc) is 2.46. The fourth-order valence-corrected chi connectivity index (χ4v) is 2.65. The van der Waals surface area contributed by atoms with E-state index in [1.165, 1.54) is 32.1 Å². The van der Waals surface area contributed by atoms with Gasteiger partial charge in [0.2, 0.25) is 0 Å². The minimum Gasteiger partial charge on any atom is -0.490 e. The van der Waals surface area contributed by atoms with Gasteiger partial charge in [-0.05, 0) is 49.8 Å². The van der Waals surface area contributed by atoms with E-state index in [0.717, 1.165) is 17.2 Å². The minimum absolute atomic E-state index is 0.375. The number of nitrogens with two attached hydrogens (primary N) is 1. The van der Waals surface area contributed by atoms with E-state index in [9.17, 15) is 0 Å². The lowest BCUT2D eigenvalue weighted by molar-refractivity contribution is 0.130. The van der Waals surface area contributed by atoms with Crippen LogP contribution < -0.4 is 10.5 Å². The average molecular weight is 257 g/mol. The zero-order chi connectivity index (χ0) is 13.5. The summed E-state index contributed by atoms with van der Waals surface area (Å²) in [6.45, 7) is 2.68. The largest absolute Gasteiger partial charge is 0.490 e. The van der Waals surface area contributed by atoms with Gasteiger partial charge in [-0.25, -0.2) is 0 Å². The van der Waals surface area contributed by atoms with Crippen molar-refractivity contribution in [3.63, 3.8) is 0 Å². The van der Waals surface area contributed by atoms with Crippen LogP contribution in [-0.4, -0.2) is 12.6 Å². The molecule has 2 nitrogen and oxygen atoms in total. The standard InChI is InChI=1S/C17H23NO/c1-2-14-8-10-16(11-9-14)19-17-7-3-5-15(13-17)6-4-12-18/h3,5,7,13-14,16H,2,8-12,18H2,1H3. The number of hydrogen-bond donors (Lipinski definition) is 1. The van der Waals surface area contributed by atoms with Crippen LogP contribution in [-0.2, 0) is 0 Å². The molecular formula is C17H23NO. The van der Waals surface area contributed by atoms with Crippen LogP contribution in [0.4, 0.5) is 0 Å². The van der Waals surface area contributed by atoms with E-state index >= 15 is 0 Å². The first-order chi connectivity index (χ1) is 9.31. The summed E-state index contributed by atoms with van der Waals surface area (Å²) in [4.78, 5) is 0. The van der Waals surface area contributed by atoms with Crippen molar-refractivity contribution in [2.75, 3.05) is 6.54 Å². The molecule has 0 aliphatic heterocycles. The Morgan fingerprint density at radius 1 is 1.26 bits per heavy atom. The molecular weight excluding hydrogens is 234 g/mol. The molecule has 2 N–H and O–H groups in total. The summed E-state index contributed by atoms with van der Waals surface area (Å²) in [5, 5.41) is 0. The lowest BCUT2D eigenvalue weighted by Crippen LogP contribution is -2.23. The first-order valence-corrected chi connectivity index (χ1v) is 7.27. The predicted octanol–water partition coefficient (Wildman–Crippen LogP) is 3.34. The molecule has 19 heavy (non-hydrogen) atoms. The quantitative estimate of drug-likeness (QED) is 0.843. The lowest BCUT2D eigenvalue weighted by Gasteiger charge is -2.28. The molecule has 1 saturated carbocycles. The van der Waals surface area contributed by atoms with Crippen LogP contribution in [0.15, 0.2) is 24.3 Å². The van der Waals surface area contributed by atoms with Crippen molar-refractivity contribution < 1.29 is 4.74 Å². The number of benzene rings is 1. The Hall–Kier alpha value is -1.46. The van der Waals surface area contributed by atoms with E-state index in [1.54, 1.807) is 0 Å². The van der Waals surface area contributed by atoms with E-state index in [0.29, 0.717) is 12.6 Å². The summed E-state index contributed by atoms with van der Waals surface area (Å²) in [5.74, 6) is 7.75. The monoisotopic (exact) mass is 257 g/mol. The van der Waals surface area contributed by atoms with Crippen molar-refractivity contribution in [1.82, 2.24) is 0 Å². The van der Waals surface area contributed by atoms with Gasteiger partial charge in [-0.1, -0.05) is 31.3 Å². The number of rotatable bonds is 3. The van der Waals surface area contributed by atoms with E-state index in [-0.39, 0.29) is 0 Å². The van der Waals surface area contributed by atoms with Gasteiger partial charge >= 0.3 is 0 Å². The van der Waals surface area contributed by atoms with E-state index in [1.807, 2.05) is 24.3 Å². The highest BCUT2D eigenvalue weighted by molar-refractivity contribution is 5.40. The Morgan fingerprint density at radius 3 is 2.74 bits per heavy atom. The molecule has 1 aliphatic carbocycles. The lowest BCUT2D eigenvalue weighted by atomic mass is 9.86. The Labute approximate surface area is 116 Å². The molecule has 1 aliphatic rings. The normalized spacial score (nSPS) is 22.4. The molecule has 102 valence electrons. The Balaban J connectivity index is 1.92. The summed E-state index contributed by atoms with van der Waals surface area (Å²) >= 11 is 0. The summed E-state index contributed by atoms with van der Waals surface area (Å²) in [7, 11) is 0. The van der Waals surface area contributed by atoms with Crippen LogP contribution in [0.25, 0.3) is 0 Å². The van der Waals surface area contributed by atoms with Crippen LogP contribution in [0.1, 0.15) is 44.6 Å². The fourth-order valence-electron chi connectivity index (χ4n) is 2.65. The summed E-state index contributed by atoms with van der Waals surface area (Å²) in [6.07, 6.45) is 6.63. The van der Waals surface area contributed by atoms with Gasteiger partial charge in [-0.15, -0.1) is 0 Å². The molecule has 0 spiro atoms. The molecule has 0 aromatic heterocycles. The topological polar surface area (TPSA) is 35.2 Å². The second-order valence-corrected chi connectivity index (χ2v) is 5.20. The van der Waals surface area contributed by atoms with Crippen molar-refractivity contribution in [3.8, 4) is 17.6 Å². The van der Waals surface area contributed by atoms with Gasteiger partial charge < -0.3 is 10.5 Å². The maximum absolute atomic E-state index is 6.07. The van der Waals surface area contributed by atoms with Gasteiger partial charge in [0.1, 0.15) is 5.75 Å². The van der Waals surface area contributed by atoms with Crippen LogP contribution in [0.5, 0.6) is 5.75 Å². The molecule has 0 bridgehead atoms. The second-order valence-electron chi connectivity index (χ2n) is 5.20. The maximum atomic E-state index is 6.07. The van der Waals surface area contributed by atoms with Gasteiger partial charge in [0.15, 0.2) is 0 Å². The van der Waals surface area contributed by atoms with Gasteiger partial charge in [0.25, 0.3) is 0 Å². The Morgan fingerprint density at radius 2 is 2.05 bits per heavy atom. The zero-order valence-electron chi connectivity index (χ0n) is 11.7. The fraction of sp³-hybridized carbons (Fsp3) is 0.529. The molecule has 2 heteroatoms. The third-order valence-electron chi connectivity index (χ3n) is 3.84. The smallest absolute Gasteiger partial charge is 0.120 e. The first-order valence-electron chi connectivity index (χ1n) is 7.27. The molecule has 1 aromatic carbocycles. The maximum Gasteiger partial charge on any atom is 0.120 e. The molecule has 0 atom stereocenters. The molecule has 0 radical (unpaired) electrons. The molecule has 1 fully saturated rings. The van der Waals surface area contributed by atoms with Crippen molar-refractivity contribution in [2.45, 2.75) is 45.1 Å². The van der Waals surface area contributed by atoms with Crippen molar-refractivity contribution >= 4 is 0 Å². The van der Waals surface area contributed by atoms with E-state index in [4.69, 9.17) is 10.5 Å². The van der Waals surface area contributed by atoms with Crippen LogP contribution in [0.2, 0.25) is 0 Å². The summed E-state index contributed by atoms with van der Waals surface area (Å²) in [6, 6.07) is 8.01. The molecule has 1 aromatic rings. The molecule has 0 saturated heterocycles. The Bertz CT molecular complexity index is 450. The van der Waals surface area contributed by atoms with Crippen molar-refractivity contribution in [3.05, 3.63) is 29.8 Å². The molecule has 0 heterocycles. The molecule has 0 amide bonds. The Kier molecular flexibility index (Phi) is 5.30. The van der Waals surface area contributed by atoms with E-state index in [2.05, 4.69) is 18.8 Å². The van der Waals surface area contributed by atoms with Gasteiger partial charge in [-0.3, -0.25) is 0 Å². The first kappa shape index (κ1) is 14.0.